The minimum Gasteiger partial charge on any atom is -0.354 e. The van der Waals surface area contributed by atoms with Gasteiger partial charge in [-0.25, -0.2) is 4.98 Å². The lowest BCUT2D eigenvalue weighted by Gasteiger charge is -2.36. The third-order valence-corrected chi connectivity index (χ3v) is 4.07. The number of rotatable bonds is 3. The second-order valence-corrected chi connectivity index (χ2v) is 5.88. The van der Waals surface area contributed by atoms with E-state index in [1.807, 2.05) is 33.9 Å². The molecule has 1 aromatic rings. The van der Waals surface area contributed by atoms with Gasteiger partial charge in [0.2, 0.25) is 0 Å². The van der Waals surface area contributed by atoms with Crippen LogP contribution in [0, 0.1) is 19.8 Å². The van der Waals surface area contributed by atoms with Crippen LogP contribution in [0.4, 0.5) is 5.82 Å². The lowest BCUT2D eigenvalue weighted by molar-refractivity contribution is 0.247. The highest BCUT2D eigenvalue weighted by Crippen LogP contribution is 2.30. The monoisotopic (exact) mass is 305 g/mol. The molecule has 3 heteroatoms. The van der Waals surface area contributed by atoms with E-state index in [2.05, 4.69) is 34.7 Å². The first-order chi connectivity index (χ1) is 10.7. The van der Waals surface area contributed by atoms with E-state index in [1.54, 1.807) is 0 Å². The molecule has 0 amide bonds. The van der Waals surface area contributed by atoms with Gasteiger partial charge < -0.3 is 4.90 Å². The molecule has 0 unspecified atom stereocenters. The number of aromatic nitrogens is 1. The Hall–Kier alpha value is -1.09. The van der Waals surface area contributed by atoms with E-state index in [0.29, 0.717) is 0 Å². The fourth-order valence-electron chi connectivity index (χ4n) is 2.85. The molecule has 0 N–H and O–H groups in total. The van der Waals surface area contributed by atoms with Gasteiger partial charge >= 0.3 is 0 Å². The van der Waals surface area contributed by atoms with Crippen molar-refractivity contribution in [1.82, 2.24) is 9.88 Å². The van der Waals surface area contributed by atoms with Crippen LogP contribution >= 0.6 is 0 Å². The van der Waals surface area contributed by atoms with Crippen LogP contribution in [-0.4, -0.2) is 42.6 Å². The summed E-state index contributed by atoms with van der Waals surface area (Å²) in [6.07, 6.45) is 4.90. The van der Waals surface area contributed by atoms with Gasteiger partial charge in [0, 0.05) is 38.9 Å². The molecule has 0 spiro atoms. The number of anilines is 1. The van der Waals surface area contributed by atoms with E-state index < -0.39 is 0 Å². The Kier molecular flexibility index (Phi) is 8.47. The van der Waals surface area contributed by atoms with Crippen LogP contribution in [0.25, 0.3) is 0 Å². The van der Waals surface area contributed by atoms with Crippen LogP contribution in [0.1, 0.15) is 51.7 Å². The number of pyridine rings is 1. The normalized spacial score (nSPS) is 18.0. The van der Waals surface area contributed by atoms with Crippen molar-refractivity contribution in [3.8, 4) is 0 Å². The lowest BCUT2D eigenvalue weighted by Crippen LogP contribution is -2.47. The number of hydrogen-bond acceptors (Lipinski definition) is 3. The molecule has 0 aromatic carbocycles. The minimum absolute atomic E-state index is 1.01. The predicted octanol–water partition coefficient (Wildman–Crippen LogP) is 4.28. The second-order valence-electron chi connectivity index (χ2n) is 5.88. The van der Waals surface area contributed by atoms with Gasteiger partial charge in [-0.05, 0) is 43.7 Å². The standard InChI is InChI=1S/C15H23N3.2C2H6/c1-12-9-13(2)15(16-10-12)18-7-5-17(6-8-18)11-14-3-4-14;2*1-2/h9-10,14H,3-8,11H2,1-2H3;2*1-2H3. The van der Waals surface area contributed by atoms with E-state index in [4.69, 9.17) is 0 Å². The smallest absolute Gasteiger partial charge is 0.131 e. The molecular formula is C19H35N3. The first kappa shape index (κ1) is 19.0. The van der Waals surface area contributed by atoms with E-state index in [0.717, 1.165) is 19.0 Å². The maximum atomic E-state index is 4.61. The van der Waals surface area contributed by atoms with E-state index in [9.17, 15) is 0 Å². The maximum absolute atomic E-state index is 4.61. The van der Waals surface area contributed by atoms with E-state index in [-0.39, 0.29) is 0 Å². The molecule has 2 aliphatic rings. The molecule has 0 bridgehead atoms. The molecule has 1 saturated carbocycles. The Morgan fingerprint density at radius 1 is 1.00 bits per heavy atom. The molecule has 3 rings (SSSR count). The number of hydrogen-bond donors (Lipinski definition) is 0. The Balaban J connectivity index is 0.000000561. The van der Waals surface area contributed by atoms with Crippen molar-refractivity contribution in [2.45, 2.75) is 54.4 Å². The first-order valence-corrected chi connectivity index (χ1v) is 9.13. The molecule has 126 valence electrons. The molecule has 0 radical (unpaired) electrons. The number of piperazine rings is 1. The van der Waals surface area contributed by atoms with Gasteiger partial charge in [-0.15, -0.1) is 0 Å². The summed E-state index contributed by atoms with van der Waals surface area (Å²) in [6.45, 7) is 18.3. The lowest BCUT2D eigenvalue weighted by atomic mass is 10.2. The van der Waals surface area contributed by atoms with Gasteiger partial charge in [0.1, 0.15) is 5.82 Å². The number of aryl methyl sites for hydroxylation is 2. The van der Waals surface area contributed by atoms with Gasteiger partial charge in [0.25, 0.3) is 0 Å². The summed E-state index contributed by atoms with van der Waals surface area (Å²) in [5.74, 6) is 2.20. The van der Waals surface area contributed by atoms with Gasteiger partial charge in [-0.1, -0.05) is 33.8 Å². The zero-order valence-electron chi connectivity index (χ0n) is 15.5. The van der Waals surface area contributed by atoms with Crippen molar-refractivity contribution in [2.75, 3.05) is 37.6 Å². The summed E-state index contributed by atoms with van der Waals surface area (Å²) < 4.78 is 0. The summed E-state index contributed by atoms with van der Waals surface area (Å²) in [4.78, 5) is 9.67. The van der Waals surface area contributed by atoms with Crippen molar-refractivity contribution < 1.29 is 0 Å². The molecule has 22 heavy (non-hydrogen) atoms. The maximum Gasteiger partial charge on any atom is 0.131 e. The van der Waals surface area contributed by atoms with Crippen molar-refractivity contribution in [2.24, 2.45) is 5.92 Å². The highest BCUT2D eigenvalue weighted by molar-refractivity contribution is 5.47. The fraction of sp³-hybridized carbons (Fsp3) is 0.737. The van der Waals surface area contributed by atoms with Crippen LogP contribution in [0.15, 0.2) is 12.3 Å². The van der Waals surface area contributed by atoms with Gasteiger partial charge in [0.15, 0.2) is 0 Å². The van der Waals surface area contributed by atoms with E-state index >= 15 is 0 Å². The van der Waals surface area contributed by atoms with E-state index in [1.165, 1.54) is 49.4 Å². The predicted molar refractivity (Wildman–Crippen MR) is 97.8 cm³/mol. The van der Waals surface area contributed by atoms with Crippen molar-refractivity contribution in [3.63, 3.8) is 0 Å². The molecule has 0 atom stereocenters. The van der Waals surface area contributed by atoms with Crippen molar-refractivity contribution in [3.05, 3.63) is 23.4 Å². The summed E-state index contributed by atoms with van der Waals surface area (Å²) in [5.41, 5.74) is 2.56. The summed E-state index contributed by atoms with van der Waals surface area (Å²) in [6, 6.07) is 2.24. The fourth-order valence-corrected chi connectivity index (χ4v) is 2.85. The Morgan fingerprint density at radius 3 is 2.09 bits per heavy atom. The number of nitrogens with zero attached hydrogens (tertiary/aromatic N) is 3. The average Bonchev–Trinajstić information content (AvgIpc) is 3.36. The molecule has 2 fully saturated rings. The molecule has 3 nitrogen and oxygen atoms in total. The van der Waals surface area contributed by atoms with Crippen LogP contribution in [0.3, 0.4) is 0 Å². The molecule has 1 aliphatic heterocycles. The third kappa shape index (κ3) is 5.60. The second kappa shape index (κ2) is 9.83. The molecule has 1 saturated heterocycles. The molecular weight excluding hydrogens is 270 g/mol. The topological polar surface area (TPSA) is 19.4 Å². The quantitative estimate of drug-likeness (QED) is 0.831. The van der Waals surface area contributed by atoms with Crippen LogP contribution in [0.5, 0.6) is 0 Å². The highest BCUT2D eigenvalue weighted by Gasteiger charge is 2.26. The zero-order chi connectivity index (χ0) is 16.5. The van der Waals surface area contributed by atoms with Gasteiger partial charge in [0.05, 0.1) is 0 Å². The van der Waals surface area contributed by atoms with Gasteiger partial charge in [-0.2, -0.15) is 0 Å². The van der Waals surface area contributed by atoms with Crippen LogP contribution < -0.4 is 4.90 Å². The largest absolute Gasteiger partial charge is 0.354 e. The summed E-state index contributed by atoms with van der Waals surface area (Å²) in [5, 5.41) is 0. The first-order valence-electron chi connectivity index (χ1n) is 9.13. The van der Waals surface area contributed by atoms with Crippen molar-refractivity contribution >= 4 is 5.82 Å². The van der Waals surface area contributed by atoms with Crippen LogP contribution in [0.2, 0.25) is 0 Å². The SMILES string of the molecule is CC.CC.Cc1cnc(N2CCN(CC3CC3)CC2)c(C)c1. The van der Waals surface area contributed by atoms with Gasteiger partial charge in [-0.3, -0.25) is 4.90 Å². The molecule has 2 heterocycles. The average molecular weight is 306 g/mol. The minimum atomic E-state index is 1.01. The Labute approximate surface area is 137 Å². The highest BCUT2D eigenvalue weighted by atomic mass is 15.3. The summed E-state index contributed by atoms with van der Waals surface area (Å²) >= 11 is 0. The zero-order valence-corrected chi connectivity index (χ0v) is 15.5. The molecule has 1 aliphatic carbocycles. The third-order valence-electron chi connectivity index (χ3n) is 4.07. The van der Waals surface area contributed by atoms with Crippen molar-refractivity contribution in [1.29, 1.82) is 0 Å². The Morgan fingerprint density at radius 2 is 1.59 bits per heavy atom. The summed E-state index contributed by atoms with van der Waals surface area (Å²) in [7, 11) is 0. The molecule has 1 aromatic heterocycles. The van der Waals surface area contributed by atoms with Crippen LogP contribution in [-0.2, 0) is 0 Å². The Bertz CT molecular complexity index is 419.